The Morgan fingerprint density at radius 2 is 0.944 bits per heavy atom. The van der Waals surface area contributed by atoms with Crippen LogP contribution in [0.15, 0.2) is 62.7 Å². The number of imidazole rings is 2. The number of carbonyl (C=O) groups excluding carboxylic acids is 9. The molecule has 1 aliphatic rings. The first-order valence-electron chi connectivity index (χ1n) is 28.7. The standard InChI is InChI=1S/C52H71N25O13/c53-33-8-16-74(51(89)66-33)26-39(83)70-18-13-58-37(81)24-71(40(84)27-75-17-9-35(79)67-52(75)90)19-14-57-34(78)7-3-1-4-11-60-50(88)61-12-6-2-5-10-56-36(80)23-72(41(85)29-77-32-65-44-47(77)68-49(55)69-48(44)87)20-15-59-38(82)25-73(22-21-70)42(86)28-76-31-64-43-45(54)62-30-63-46(43)76/h8-9,16-17,30-32H,1-7,10-15,18-29H2,(H,56,80)(H,57,78)(H,58,81)(H,59,82)(H2,53,66,89)(H2,54,62,63)(H2,60,61,88)(H,67,79,90)(H3,55,68,69,87). The summed E-state index contributed by atoms with van der Waals surface area (Å²) in [7, 11) is 0. The molecule has 482 valence electrons. The lowest BCUT2D eigenvalue weighted by Crippen LogP contribution is -2.50. The number of rotatable bonds is 8. The second-order valence-electron chi connectivity index (χ2n) is 20.6. The van der Waals surface area contributed by atoms with Gasteiger partial charge in [-0.1, -0.05) is 6.42 Å². The summed E-state index contributed by atoms with van der Waals surface area (Å²) < 4.78 is 4.52. The lowest BCUT2D eigenvalue weighted by atomic mass is 10.2. The van der Waals surface area contributed by atoms with Gasteiger partial charge in [0.15, 0.2) is 22.6 Å². The van der Waals surface area contributed by atoms with E-state index in [1.54, 1.807) is 0 Å². The molecule has 38 heteroatoms. The monoisotopic (exact) mass is 1250 g/mol. The number of aromatic nitrogens is 12. The van der Waals surface area contributed by atoms with E-state index < -0.39 is 110 Å². The van der Waals surface area contributed by atoms with Crippen LogP contribution in [0.25, 0.3) is 22.3 Å². The summed E-state index contributed by atoms with van der Waals surface area (Å²) in [6.45, 7) is -5.08. The molecular weight excluding hydrogens is 1180 g/mol. The molecule has 38 nitrogen and oxygen atoms in total. The number of fused-ring (bicyclic) bond motifs is 2. The second kappa shape index (κ2) is 32.6. The highest BCUT2D eigenvalue weighted by atomic mass is 16.2. The van der Waals surface area contributed by atoms with Crippen LogP contribution in [0.2, 0.25) is 0 Å². The van der Waals surface area contributed by atoms with Gasteiger partial charge in [0.25, 0.3) is 11.1 Å². The molecule has 0 unspecified atom stereocenters. The summed E-state index contributed by atoms with van der Waals surface area (Å²) in [5.41, 5.74) is 14.6. The van der Waals surface area contributed by atoms with E-state index in [0.29, 0.717) is 51.6 Å². The molecule has 0 aliphatic carbocycles. The van der Waals surface area contributed by atoms with E-state index in [2.05, 4.69) is 71.8 Å². The quantitative estimate of drug-likeness (QED) is 0.0675. The largest absolute Gasteiger partial charge is 0.383 e. The fraction of sp³-hybridized carbons (Fsp3) is 0.481. The summed E-state index contributed by atoms with van der Waals surface area (Å²) >= 11 is 0. The maximum absolute atomic E-state index is 14.4. The van der Waals surface area contributed by atoms with Gasteiger partial charge in [0.2, 0.25) is 53.2 Å². The molecule has 90 heavy (non-hydrogen) atoms. The molecule has 0 saturated carbocycles. The molecule has 1 saturated heterocycles. The molecule has 6 aromatic heterocycles. The van der Waals surface area contributed by atoms with Gasteiger partial charge in [0.1, 0.15) is 43.8 Å². The first-order valence-corrected chi connectivity index (χ1v) is 28.7. The Kier molecular flexibility index (Phi) is 24.0. The van der Waals surface area contributed by atoms with Gasteiger partial charge in [-0.25, -0.2) is 34.3 Å². The number of nitrogens with two attached hydrogens (primary N) is 3. The Balaban J connectivity index is 1.12. The normalized spacial score (nSPS) is 16.3. The zero-order chi connectivity index (χ0) is 64.7. The van der Waals surface area contributed by atoms with Crippen LogP contribution in [0.1, 0.15) is 44.9 Å². The van der Waals surface area contributed by atoms with Crippen molar-refractivity contribution in [2.75, 3.05) is 109 Å². The van der Waals surface area contributed by atoms with Gasteiger partial charge in [0, 0.05) is 96.9 Å². The van der Waals surface area contributed by atoms with E-state index in [0.717, 1.165) is 36.1 Å². The summed E-state index contributed by atoms with van der Waals surface area (Å²) in [5.74, 6) is -5.54. The minimum absolute atomic E-state index is 0.00488. The zero-order valence-corrected chi connectivity index (χ0v) is 49.0. The summed E-state index contributed by atoms with van der Waals surface area (Å²) in [6, 6.07) is 1.94. The van der Waals surface area contributed by atoms with Gasteiger partial charge >= 0.3 is 17.4 Å². The third-order valence-corrected chi connectivity index (χ3v) is 13.9. The third kappa shape index (κ3) is 20.0. The van der Waals surface area contributed by atoms with Crippen molar-refractivity contribution in [3.63, 3.8) is 0 Å². The lowest BCUT2D eigenvalue weighted by Gasteiger charge is -2.29. The van der Waals surface area contributed by atoms with Gasteiger partial charge in [-0.15, -0.1) is 0 Å². The molecule has 14 N–H and O–H groups in total. The summed E-state index contributed by atoms with van der Waals surface area (Å²) in [4.78, 5) is 206. The minimum atomic E-state index is -0.890. The molecule has 1 aliphatic heterocycles. The number of aromatic amines is 2. The fourth-order valence-corrected chi connectivity index (χ4v) is 9.17. The van der Waals surface area contributed by atoms with Crippen LogP contribution in [0.3, 0.4) is 0 Å². The molecule has 0 radical (unpaired) electrons. The number of urea groups is 1. The Morgan fingerprint density at radius 1 is 0.456 bits per heavy atom. The zero-order valence-electron chi connectivity index (χ0n) is 49.0. The van der Waals surface area contributed by atoms with Crippen molar-refractivity contribution in [1.82, 2.24) is 110 Å². The topological polar surface area (TPSA) is 514 Å². The predicted octanol–water partition coefficient (Wildman–Crippen LogP) is -6.66. The number of carbonyl (C=O) groups is 9. The van der Waals surface area contributed by atoms with E-state index >= 15 is 0 Å². The third-order valence-electron chi connectivity index (χ3n) is 13.9. The Hall–Kier alpha value is -11.1. The van der Waals surface area contributed by atoms with Crippen LogP contribution in [0.5, 0.6) is 0 Å². The molecule has 7 rings (SSSR count). The second-order valence-corrected chi connectivity index (χ2v) is 20.6. The fourth-order valence-electron chi connectivity index (χ4n) is 9.17. The van der Waals surface area contributed by atoms with E-state index in [-0.39, 0.29) is 117 Å². The molecule has 0 bridgehead atoms. The van der Waals surface area contributed by atoms with E-state index in [9.17, 15) is 62.3 Å². The van der Waals surface area contributed by atoms with Crippen molar-refractivity contribution in [1.29, 1.82) is 0 Å². The molecule has 0 atom stereocenters. The number of nitrogens with one attached hydrogen (secondary N) is 8. The highest BCUT2D eigenvalue weighted by molar-refractivity contribution is 5.88. The Bertz CT molecular complexity index is 3820. The van der Waals surface area contributed by atoms with Crippen LogP contribution >= 0.6 is 0 Å². The smallest absolute Gasteiger partial charge is 0.349 e. The van der Waals surface area contributed by atoms with Gasteiger partial charge in [-0.3, -0.25) is 67.0 Å². The molecule has 6 aromatic rings. The number of hydrogen-bond acceptors (Lipinski definition) is 22. The number of anilines is 3. The molecule has 0 aromatic carbocycles. The van der Waals surface area contributed by atoms with Gasteiger partial charge < -0.3 is 77.8 Å². The Morgan fingerprint density at radius 3 is 1.56 bits per heavy atom. The van der Waals surface area contributed by atoms with Crippen molar-refractivity contribution in [2.24, 2.45) is 0 Å². The minimum Gasteiger partial charge on any atom is -0.383 e. The number of nitrogens with zero attached hydrogens (tertiary/aromatic N) is 14. The van der Waals surface area contributed by atoms with Crippen LogP contribution in [0, 0.1) is 0 Å². The van der Waals surface area contributed by atoms with Gasteiger partial charge in [0.05, 0.1) is 32.3 Å². The molecule has 7 heterocycles. The number of hydrogen-bond donors (Lipinski definition) is 11. The molecule has 1 fully saturated rings. The summed E-state index contributed by atoms with van der Waals surface area (Å²) in [5, 5.41) is 16.4. The van der Waals surface area contributed by atoms with E-state index in [4.69, 9.17) is 17.2 Å². The average Bonchev–Trinajstić information content (AvgIpc) is 1.74. The highest BCUT2D eigenvalue weighted by Gasteiger charge is 2.26. The van der Waals surface area contributed by atoms with Gasteiger partial charge in [-0.05, 0) is 38.2 Å². The van der Waals surface area contributed by atoms with Gasteiger partial charge in [-0.2, -0.15) is 9.97 Å². The maximum Gasteiger partial charge on any atom is 0.349 e. The van der Waals surface area contributed by atoms with Crippen LogP contribution in [-0.2, 0) is 64.5 Å². The van der Waals surface area contributed by atoms with Crippen molar-refractivity contribution in [3.8, 4) is 0 Å². The first kappa shape index (κ1) is 66.4. The number of amides is 10. The molecular formula is C52H71N25O13. The van der Waals surface area contributed by atoms with Crippen molar-refractivity contribution in [2.45, 2.75) is 71.1 Å². The van der Waals surface area contributed by atoms with E-state index in [1.807, 2.05) is 0 Å². The molecule has 10 amide bonds. The number of H-pyrrole nitrogens is 2. The highest BCUT2D eigenvalue weighted by Crippen LogP contribution is 2.15. The van der Waals surface area contributed by atoms with Crippen LogP contribution in [0.4, 0.5) is 22.4 Å². The lowest BCUT2D eigenvalue weighted by molar-refractivity contribution is -0.139. The predicted molar refractivity (Wildman–Crippen MR) is 319 cm³/mol. The molecule has 0 spiro atoms. The number of nitrogen functional groups attached to an aromatic ring is 3. The van der Waals surface area contributed by atoms with E-state index in [1.165, 1.54) is 45.3 Å². The Labute approximate surface area is 509 Å². The van der Waals surface area contributed by atoms with Crippen LogP contribution in [-0.4, -0.2) is 223 Å². The summed E-state index contributed by atoms with van der Waals surface area (Å²) in [6.07, 6.45) is 9.43. The first-order chi connectivity index (χ1) is 43.2. The average molecular weight is 1250 g/mol. The van der Waals surface area contributed by atoms with Crippen molar-refractivity contribution in [3.05, 3.63) is 85.2 Å². The van der Waals surface area contributed by atoms with Crippen molar-refractivity contribution < 1.29 is 43.2 Å². The maximum atomic E-state index is 14.4. The SMILES string of the molecule is Nc1ccn(CC(=O)N2CCNC(=O)CN(C(=O)Cn3ccc(=O)[nH]c3=O)CCNC(=O)CCCCCNC(=O)NCCCCCNC(=O)CN(C(=O)Cn3cnc4c(=O)[nH]c(N)nc43)CCNC(=O)CN(C(=O)Cn3cnc4c(N)ncnc43)CC2)c(=O)n1. The van der Waals surface area contributed by atoms with Crippen LogP contribution < -0.4 is 71.6 Å². The van der Waals surface area contributed by atoms with Crippen molar-refractivity contribution >= 4 is 93.2 Å².